The lowest BCUT2D eigenvalue weighted by Gasteiger charge is -2.38. The second kappa shape index (κ2) is 6.03. The Balaban J connectivity index is 2.32. The van der Waals surface area contributed by atoms with Crippen molar-refractivity contribution in [3.8, 4) is 0 Å². The van der Waals surface area contributed by atoms with Crippen molar-refractivity contribution in [1.82, 2.24) is 0 Å². The fourth-order valence-corrected chi connectivity index (χ4v) is 2.77. The maximum Gasteiger partial charge on any atom is 0.161 e. The minimum Gasteiger partial charge on any atom is -0.394 e. The highest BCUT2D eigenvalue weighted by Crippen LogP contribution is 2.27. The second-order valence-corrected chi connectivity index (χ2v) is 5.79. The van der Waals surface area contributed by atoms with Gasteiger partial charge in [-0.3, -0.25) is 4.79 Å². The first-order chi connectivity index (χ1) is 9.01. The second-order valence-electron chi connectivity index (χ2n) is 4.87. The largest absolute Gasteiger partial charge is 0.394 e. The fraction of sp³-hybridized carbons (Fsp3) is 0.500. The zero-order valence-corrected chi connectivity index (χ0v) is 12.7. The van der Waals surface area contributed by atoms with Gasteiger partial charge in [-0.25, -0.2) is 0 Å². The number of ketones is 1. The van der Waals surface area contributed by atoms with Gasteiger partial charge in [0, 0.05) is 28.8 Å². The number of hydrogen-bond acceptors (Lipinski definition) is 4. The van der Waals surface area contributed by atoms with E-state index in [0.717, 1.165) is 16.7 Å². The summed E-state index contributed by atoms with van der Waals surface area (Å²) in [6.45, 7) is 4.85. The highest BCUT2D eigenvalue weighted by atomic mass is 79.9. The van der Waals surface area contributed by atoms with Crippen LogP contribution in [0.3, 0.4) is 0 Å². The van der Waals surface area contributed by atoms with Gasteiger partial charge in [-0.15, -0.1) is 0 Å². The summed E-state index contributed by atoms with van der Waals surface area (Å²) < 4.78 is 6.52. The summed E-state index contributed by atoms with van der Waals surface area (Å²) in [7, 11) is 0. The van der Waals surface area contributed by atoms with Crippen molar-refractivity contribution in [2.24, 2.45) is 0 Å². The lowest BCUT2D eigenvalue weighted by atomic mass is 10.1. The maximum absolute atomic E-state index is 11.8. The molecule has 1 N–H and O–H groups in total. The van der Waals surface area contributed by atoms with Gasteiger partial charge < -0.3 is 14.7 Å². The van der Waals surface area contributed by atoms with Gasteiger partial charge in [0.1, 0.15) is 0 Å². The number of benzene rings is 1. The first-order valence-corrected chi connectivity index (χ1v) is 7.12. The summed E-state index contributed by atoms with van der Waals surface area (Å²) >= 11 is 3.39. The van der Waals surface area contributed by atoms with Crippen LogP contribution in [0.4, 0.5) is 5.69 Å². The highest BCUT2D eigenvalue weighted by Gasteiger charge is 2.26. The molecule has 0 spiro atoms. The fourth-order valence-electron chi connectivity index (χ4n) is 2.41. The zero-order valence-electron chi connectivity index (χ0n) is 11.1. The highest BCUT2D eigenvalue weighted by molar-refractivity contribution is 9.10. The average molecular weight is 328 g/mol. The SMILES string of the molecule is CC(=O)c1cc(Br)ccc1N1CC(C)OC(CO)C1. The summed E-state index contributed by atoms with van der Waals surface area (Å²) in [5.74, 6) is 0.0380. The predicted octanol–water partition coefficient (Wildman–Crippen LogP) is 2.24. The number of halogens is 1. The molecule has 1 aromatic rings. The minimum atomic E-state index is -0.202. The molecule has 4 nitrogen and oxygen atoms in total. The summed E-state index contributed by atoms with van der Waals surface area (Å²) in [6.07, 6.45) is -0.165. The van der Waals surface area contributed by atoms with E-state index in [9.17, 15) is 9.90 Å². The van der Waals surface area contributed by atoms with E-state index in [1.54, 1.807) is 6.92 Å². The number of carbonyl (C=O) groups is 1. The molecule has 0 radical (unpaired) electrons. The topological polar surface area (TPSA) is 49.8 Å². The van der Waals surface area contributed by atoms with E-state index in [1.807, 2.05) is 25.1 Å². The van der Waals surface area contributed by atoms with Crippen LogP contribution >= 0.6 is 15.9 Å². The van der Waals surface area contributed by atoms with E-state index in [-0.39, 0.29) is 24.6 Å². The van der Waals surface area contributed by atoms with Gasteiger partial charge in [0.2, 0.25) is 0 Å². The minimum absolute atomic E-state index is 0.00717. The molecule has 1 aromatic carbocycles. The Morgan fingerprint density at radius 2 is 2.26 bits per heavy atom. The van der Waals surface area contributed by atoms with Crippen LogP contribution in [0.1, 0.15) is 24.2 Å². The van der Waals surface area contributed by atoms with Crippen molar-refractivity contribution in [2.75, 3.05) is 24.6 Å². The van der Waals surface area contributed by atoms with Crippen molar-refractivity contribution in [1.29, 1.82) is 0 Å². The standard InChI is InChI=1S/C14H18BrNO3/c1-9-6-16(7-12(8-17)19-9)14-4-3-11(15)5-13(14)10(2)18/h3-5,9,12,17H,6-8H2,1-2H3. The quantitative estimate of drug-likeness (QED) is 0.865. The molecule has 2 atom stereocenters. The average Bonchev–Trinajstić information content (AvgIpc) is 2.37. The molecule has 0 bridgehead atoms. The Bertz CT molecular complexity index is 478. The number of nitrogens with zero attached hydrogens (tertiary/aromatic N) is 1. The van der Waals surface area contributed by atoms with Gasteiger partial charge in [-0.05, 0) is 32.0 Å². The van der Waals surface area contributed by atoms with Gasteiger partial charge >= 0.3 is 0 Å². The molecule has 0 saturated carbocycles. The zero-order chi connectivity index (χ0) is 14.0. The third kappa shape index (κ3) is 3.35. The van der Waals surface area contributed by atoms with E-state index in [4.69, 9.17) is 4.74 Å². The van der Waals surface area contributed by atoms with E-state index in [2.05, 4.69) is 20.8 Å². The Kier molecular flexibility index (Phi) is 4.60. The van der Waals surface area contributed by atoms with Gasteiger partial charge in [0.25, 0.3) is 0 Å². The number of anilines is 1. The number of Topliss-reactive ketones (excluding diaryl/α,β-unsaturated/α-hetero) is 1. The molecule has 5 heteroatoms. The number of carbonyl (C=O) groups excluding carboxylic acids is 1. The first kappa shape index (κ1) is 14.5. The van der Waals surface area contributed by atoms with Crippen LogP contribution in [-0.2, 0) is 4.74 Å². The molecular weight excluding hydrogens is 310 g/mol. The van der Waals surface area contributed by atoms with Crippen LogP contribution < -0.4 is 4.90 Å². The number of hydrogen-bond donors (Lipinski definition) is 1. The molecule has 1 fully saturated rings. The molecule has 104 valence electrons. The number of aliphatic hydroxyl groups excluding tert-OH is 1. The third-order valence-electron chi connectivity index (χ3n) is 3.21. The molecule has 1 heterocycles. The van der Waals surface area contributed by atoms with Crippen molar-refractivity contribution in [3.05, 3.63) is 28.2 Å². The van der Waals surface area contributed by atoms with Crippen molar-refractivity contribution >= 4 is 27.4 Å². The molecule has 19 heavy (non-hydrogen) atoms. The Labute approximate surface area is 121 Å². The Morgan fingerprint density at radius 3 is 2.89 bits per heavy atom. The van der Waals surface area contributed by atoms with Gasteiger partial charge in [-0.2, -0.15) is 0 Å². The Hall–Kier alpha value is -0.910. The molecule has 0 aliphatic carbocycles. The van der Waals surface area contributed by atoms with Crippen LogP contribution in [0.15, 0.2) is 22.7 Å². The summed E-state index contributed by atoms with van der Waals surface area (Å²) in [6, 6.07) is 5.70. The predicted molar refractivity (Wildman–Crippen MR) is 77.8 cm³/mol. The van der Waals surface area contributed by atoms with E-state index in [1.165, 1.54) is 0 Å². The van der Waals surface area contributed by atoms with Gasteiger partial charge in [0.15, 0.2) is 5.78 Å². The van der Waals surface area contributed by atoms with Crippen molar-refractivity contribution in [3.63, 3.8) is 0 Å². The van der Waals surface area contributed by atoms with Crippen molar-refractivity contribution in [2.45, 2.75) is 26.1 Å². The maximum atomic E-state index is 11.8. The lowest BCUT2D eigenvalue weighted by Crippen LogP contribution is -2.48. The summed E-state index contributed by atoms with van der Waals surface area (Å²) in [5, 5.41) is 9.27. The number of morpholine rings is 1. The van der Waals surface area contributed by atoms with Crippen molar-refractivity contribution < 1.29 is 14.6 Å². The molecule has 1 saturated heterocycles. The normalized spacial score (nSPS) is 23.5. The molecule has 2 rings (SSSR count). The smallest absolute Gasteiger partial charge is 0.161 e. The number of rotatable bonds is 3. The van der Waals surface area contributed by atoms with Crippen LogP contribution in [0, 0.1) is 0 Å². The van der Waals surface area contributed by atoms with Crippen LogP contribution in [0.25, 0.3) is 0 Å². The van der Waals surface area contributed by atoms with Gasteiger partial charge in [-0.1, -0.05) is 15.9 Å². The number of aliphatic hydroxyl groups is 1. The van der Waals surface area contributed by atoms with E-state index >= 15 is 0 Å². The molecule has 2 unspecified atom stereocenters. The number of ether oxygens (including phenoxy) is 1. The lowest BCUT2D eigenvalue weighted by molar-refractivity contribution is -0.0421. The van der Waals surface area contributed by atoms with E-state index < -0.39 is 0 Å². The molecule has 0 amide bonds. The molecular formula is C14H18BrNO3. The summed E-state index contributed by atoms with van der Waals surface area (Å²) in [4.78, 5) is 13.9. The molecule has 0 aromatic heterocycles. The Morgan fingerprint density at radius 1 is 1.53 bits per heavy atom. The molecule has 1 aliphatic heterocycles. The van der Waals surface area contributed by atoms with Crippen LogP contribution in [0.2, 0.25) is 0 Å². The van der Waals surface area contributed by atoms with E-state index in [0.29, 0.717) is 12.1 Å². The third-order valence-corrected chi connectivity index (χ3v) is 3.70. The van der Waals surface area contributed by atoms with Crippen LogP contribution in [0.5, 0.6) is 0 Å². The first-order valence-electron chi connectivity index (χ1n) is 6.33. The molecule has 1 aliphatic rings. The monoisotopic (exact) mass is 327 g/mol. The van der Waals surface area contributed by atoms with Crippen LogP contribution in [-0.4, -0.2) is 42.8 Å². The summed E-state index contributed by atoms with van der Waals surface area (Å²) in [5.41, 5.74) is 1.60. The van der Waals surface area contributed by atoms with Gasteiger partial charge in [0.05, 0.1) is 18.8 Å².